The van der Waals surface area contributed by atoms with Crippen molar-refractivity contribution in [2.45, 2.75) is 18.9 Å². The fraction of sp³-hybridized carbons (Fsp3) is 0.500. The molecule has 0 aromatic carbocycles. The highest BCUT2D eigenvalue weighted by molar-refractivity contribution is 5.37. The van der Waals surface area contributed by atoms with Crippen LogP contribution in [0.4, 0.5) is 5.82 Å². The zero-order valence-corrected chi connectivity index (χ0v) is 8.89. The SMILES string of the molecule is c1cc2n[nH]c[n+]2nc1NCC1CCCO1. The number of H-pyrrole nitrogens is 1. The van der Waals surface area contributed by atoms with Gasteiger partial charge >= 0.3 is 5.65 Å². The maximum atomic E-state index is 5.53. The number of ether oxygens (including phenoxy) is 1. The minimum Gasteiger partial charge on any atom is -0.376 e. The highest BCUT2D eigenvalue weighted by atomic mass is 16.5. The van der Waals surface area contributed by atoms with Crippen LogP contribution in [-0.4, -0.2) is 34.6 Å². The van der Waals surface area contributed by atoms with Crippen LogP contribution in [-0.2, 0) is 4.74 Å². The fourth-order valence-corrected chi connectivity index (χ4v) is 1.88. The predicted molar refractivity (Wildman–Crippen MR) is 57.0 cm³/mol. The smallest absolute Gasteiger partial charge is 0.325 e. The summed E-state index contributed by atoms with van der Waals surface area (Å²) in [6.07, 6.45) is 4.34. The molecule has 0 bridgehead atoms. The Hall–Kier alpha value is -1.69. The Balaban J connectivity index is 1.68. The minimum atomic E-state index is 0.326. The predicted octanol–water partition coefficient (Wildman–Crippen LogP) is 0.134. The molecule has 0 spiro atoms. The molecule has 1 fully saturated rings. The van der Waals surface area contributed by atoms with Crippen LogP contribution in [0.15, 0.2) is 18.5 Å². The minimum absolute atomic E-state index is 0.326. The Bertz CT molecular complexity index is 477. The second-order valence-electron chi connectivity index (χ2n) is 3.91. The van der Waals surface area contributed by atoms with Crippen LogP contribution in [0.5, 0.6) is 0 Å². The van der Waals surface area contributed by atoms with Crippen LogP contribution in [0.1, 0.15) is 12.8 Å². The van der Waals surface area contributed by atoms with Crippen LogP contribution >= 0.6 is 0 Å². The molecule has 1 aliphatic rings. The van der Waals surface area contributed by atoms with Crippen molar-refractivity contribution in [3.63, 3.8) is 0 Å². The van der Waals surface area contributed by atoms with E-state index in [1.165, 1.54) is 0 Å². The second-order valence-corrected chi connectivity index (χ2v) is 3.91. The van der Waals surface area contributed by atoms with Gasteiger partial charge in [-0.25, -0.2) is 0 Å². The number of aromatic nitrogens is 4. The number of nitrogens with one attached hydrogen (secondary N) is 2. The van der Waals surface area contributed by atoms with Crippen LogP contribution in [0.25, 0.3) is 5.65 Å². The van der Waals surface area contributed by atoms with Crippen LogP contribution in [0.3, 0.4) is 0 Å². The first-order chi connectivity index (χ1) is 7.92. The monoisotopic (exact) mass is 220 g/mol. The lowest BCUT2D eigenvalue weighted by Gasteiger charge is -2.09. The summed E-state index contributed by atoms with van der Waals surface area (Å²) < 4.78 is 7.24. The Labute approximate surface area is 92.6 Å². The van der Waals surface area contributed by atoms with Gasteiger partial charge in [-0.2, -0.15) is 0 Å². The molecule has 1 atom stereocenters. The molecule has 0 amide bonds. The first-order valence-electron chi connectivity index (χ1n) is 5.50. The molecule has 0 aliphatic carbocycles. The number of aromatic amines is 1. The summed E-state index contributed by atoms with van der Waals surface area (Å²) in [4.78, 5) is 0. The molecule has 2 aromatic rings. The normalized spacial score (nSPS) is 20.4. The number of rotatable bonds is 3. The summed E-state index contributed by atoms with van der Waals surface area (Å²) in [7, 11) is 0. The van der Waals surface area contributed by atoms with E-state index in [0.717, 1.165) is 37.5 Å². The molecule has 84 valence electrons. The zero-order chi connectivity index (χ0) is 10.8. The van der Waals surface area contributed by atoms with Crippen molar-refractivity contribution >= 4 is 11.5 Å². The molecule has 6 nitrogen and oxygen atoms in total. The average molecular weight is 220 g/mol. The van der Waals surface area contributed by atoms with E-state index in [2.05, 4.69) is 20.6 Å². The van der Waals surface area contributed by atoms with Gasteiger partial charge in [-0.15, -0.1) is 9.61 Å². The van der Waals surface area contributed by atoms with E-state index in [9.17, 15) is 0 Å². The van der Waals surface area contributed by atoms with Gasteiger partial charge in [-0.3, -0.25) is 0 Å². The van der Waals surface area contributed by atoms with Crippen LogP contribution in [0, 0.1) is 0 Å². The molecule has 16 heavy (non-hydrogen) atoms. The van der Waals surface area contributed by atoms with Gasteiger partial charge in [0.05, 0.1) is 6.10 Å². The van der Waals surface area contributed by atoms with E-state index in [0.29, 0.717) is 6.10 Å². The third-order valence-corrected chi connectivity index (χ3v) is 2.73. The molecule has 2 N–H and O–H groups in total. The van der Waals surface area contributed by atoms with E-state index in [4.69, 9.17) is 4.74 Å². The van der Waals surface area contributed by atoms with E-state index in [-0.39, 0.29) is 0 Å². The maximum Gasteiger partial charge on any atom is 0.325 e. The first kappa shape index (κ1) is 9.53. The van der Waals surface area contributed by atoms with Gasteiger partial charge in [0.2, 0.25) is 6.33 Å². The maximum absolute atomic E-state index is 5.53. The van der Waals surface area contributed by atoms with Crippen molar-refractivity contribution in [2.75, 3.05) is 18.5 Å². The molecule has 1 aliphatic heterocycles. The fourth-order valence-electron chi connectivity index (χ4n) is 1.88. The number of hydrogen-bond acceptors (Lipinski definition) is 4. The number of nitrogens with zero attached hydrogens (tertiary/aromatic N) is 3. The molecule has 2 aromatic heterocycles. The van der Waals surface area contributed by atoms with Gasteiger partial charge in [-0.05, 0) is 18.9 Å². The van der Waals surface area contributed by atoms with Crippen molar-refractivity contribution in [3.05, 3.63) is 18.5 Å². The summed E-state index contributed by atoms with van der Waals surface area (Å²) in [5.41, 5.74) is 0.808. The molecule has 3 rings (SSSR count). The lowest BCUT2D eigenvalue weighted by Crippen LogP contribution is -2.27. The molecular formula is C10H14N5O+. The first-order valence-corrected chi connectivity index (χ1v) is 5.50. The third-order valence-electron chi connectivity index (χ3n) is 2.73. The number of anilines is 1. The molecule has 1 unspecified atom stereocenters. The highest BCUT2D eigenvalue weighted by Crippen LogP contribution is 2.12. The van der Waals surface area contributed by atoms with Crippen molar-refractivity contribution in [2.24, 2.45) is 0 Å². The number of fused-ring (bicyclic) bond motifs is 1. The summed E-state index contributed by atoms with van der Waals surface area (Å²) in [5, 5.41) is 14.4. The Kier molecular flexibility index (Phi) is 2.41. The van der Waals surface area contributed by atoms with Gasteiger partial charge in [0.25, 0.3) is 0 Å². The molecule has 6 heteroatoms. The topological polar surface area (TPSA) is 66.9 Å². The standard InChI is InChI=1S/C10H13N5O/c1-2-8(16-5-1)6-11-9-3-4-10-13-12-7-15(10)14-9/h3-4,7-8H,1-2,5-6H2,(H,11,14)/p+1. The summed E-state index contributed by atoms with van der Waals surface area (Å²) in [6, 6.07) is 3.84. The number of hydrogen-bond donors (Lipinski definition) is 2. The lowest BCUT2D eigenvalue weighted by atomic mass is 10.2. The van der Waals surface area contributed by atoms with Crippen molar-refractivity contribution in [1.82, 2.24) is 15.3 Å². The van der Waals surface area contributed by atoms with Crippen LogP contribution in [0.2, 0.25) is 0 Å². The molecule has 0 radical (unpaired) electrons. The van der Waals surface area contributed by atoms with Crippen molar-refractivity contribution in [3.8, 4) is 0 Å². The summed E-state index contributed by atoms with van der Waals surface area (Å²) >= 11 is 0. The Morgan fingerprint density at radius 3 is 3.44 bits per heavy atom. The quantitative estimate of drug-likeness (QED) is 0.722. The van der Waals surface area contributed by atoms with Gasteiger partial charge in [0.1, 0.15) is 0 Å². The lowest BCUT2D eigenvalue weighted by molar-refractivity contribution is -0.579. The summed E-state index contributed by atoms with van der Waals surface area (Å²) in [5.74, 6) is 0.842. The Morgan fingerprint density at radius 2 is 2.56 bits per heavy atom. The van der Waals surface area contributed by atoms with Gasteiger partial charge in [-0.1, -0.05) is 5.10 Å². The average Bonchev–Trinajstić information content (AvgIpc) is 2.97. The van der Waals surface area contributed by atoms with E-state index in [1.54, 1.807) is 10.8 Å². The van der Waals surface area contributed by atoms with E-state index >= 15 is 0 Å². The second kappa shape index (κ2) is 4.05. The molecule has 3 heterocycles. The third kappa shape index (κ3) is 1.83. The zero-order valence-electron chi connectivity index (χ0n) is 8.89. The van der Waals surface area contributed by atoms with Crippen LogP contribution < -0.4 is 9.83 Å². The largest absolute Gasteiger partial charge is 0.376 e. The molecule has 1 saturated heterocycles. The van der Waals surface area contributed by atoms with Gasteiger partial charge < -0.3 is 10.1 Å². The van der Waals surface area contributed by atoms with Crippen molar-refractivity contribution in [1.29, 1.82) is 0 Å². The van der Waals surface area contributed by atoms with Gasteiger partial charge in [0.15, 0.2) is 5.82 Å². The Morgan fingerprint density at radius 1 is 1.56 bits per heavy atom. The van der Waals surface area contributed by atoms with Crippen molar-refractivity contribution < 1.29 is 9.25 Å². The molecule has 0 saturated carbocycles. The van der Waals surface area contributed by atoms with Gasteiger partial charge in [0, 0.05) is 24.3 Å². The highest BCUT2D eigenvalue weighted by Gasteiger charge is 2.15. The molecular weight excluding hydrogens is 206 g/mol. The van der Waals surface area contributed by atoms with E-state index in [1.807, 2.05) is 12.1 Å². The summed E-state index contributed by atoms with van der Waals surface area (Å²) in [6.45, 7) is 1.70. The van der Waals surface area contributed by atoms with E-state index < -0.39 is 0 Å².